The molecule has 0 saturated heterocycles. The van der Waals surface area contributed by atoms with Crippen molar-refractivity contribution in [3.8, 4) is 0 Å². The lowest BCUT2D eigenvalue weighted by atomic mass is 10.2. The van der Waals surface area contributed by atoms with E-state index in [1.807, 2.05) is 44.5 Å². The monoisotopic (exact) mass is 251 g/mol. The number of aryl methyl sites for hydroxylation is 1. The van der Waals surface area contributed by atoms with Gasteiger partial charge in [-0.15, -0.1) is 0 Å². The summed E-state index contributed by atoms with van der Waals surface area (Å²) in [7, 11) is 1.94. The topological polar surface area (TPSA) is 56.2 Å². The summed E-state index contributed by atoms with van der Waals surface area (Å²) in [5.41, 5.74) is 0.585. The number of alkyl carbamates (subject to hydrolysis) is 1. The molecule has 0 aliphatic rings. The summed E-state index contributed by atoms with van der Waals surface area (Å²) in [5.74, 6) is 0. The van der Waals surface area contributed by atoms with Gasteiger partial charge in [-0.3, -0.25) is 0 Å². The minimum absolute atomic E-state index is 0.378. The molecular weight excluding hydrogens is 230 g/mol. The van der Waals surface area contributed by atoms with Gasteiger partial charge in [0, 0.05) is 13.6 Å². The third-order valence-electron chi connectivity index (χ3n) is 2.12. The average molecular weight is 251 g/mol. The summed E-state index contributed by atoms with van der Waals surface area (Å²) in [6.45, 7) is 6.09. The quantitative estimate of drug-likeness (QED) is 0.836. The molecule has 1 amide bonds. The zero-order valence-electron chi connectivity index (χ0n) is 11.4. The number of ether oxygens (including phenoxy) is 1. The molecule has 0 atom stereocenters. The maximum absolute atomic E-state index is 11.3. The molecule has 0 aromatic carbocycles. The van der Waals surface area contributed by atoms with Crippen molar-refractivity contribution in [2.24, 2.45) is 7.05 Å². The zero-order valence-corrected chi connectivity index (χ0v) is 11.4. The molecule has 0 aliphatic carbocycles. The highest BCUT2D eigenvalue weighted by Gasteiger charge is 2.15. The Bertz CT molecular complexity index is 416. The smallest absolute Gasteiger partial charge is 0.407 e. The number of rotatable bonds is 4. The number of carbonyl (C=O) groups is 1. The minimum Gasteiger partial charge on any atom is -0.444 e. The molecule has 100 valence electrons. The zero-order chi connectivity index (χ0) is 13.6. The van der Waals surface area contributed by atoms with Crippen LogP contribution in [0.5, 0.6) is 0 Å². The Morgan fingerprint density at radius 2 is 2.28 bits per heavy atom. The molecule has 1 N–H and O–H groups in total. The molecule has 0 unspecified atom stereocenters. The van der Waals surface area contributed by atoms with Crippen molar-refractivity contribution in [2.75, 3.05) is 6.54 Å². The lowest BCUT2D eigenvalue weighted by Crippen LogP contribution is -2.32. The van der Waals surface area contributed by atoms with Crippen molar-refractivity contribution in [2.45, 2.75) is 32.8 Å². The SMILES string of the molecule is Cn1cncc1C=CCCNC(=O)OC(C)(C)C. The van der Waals surface area contributed by atoms with Crippen LogP contribution < -0.4 is 5.32 Å². The van der Waals surface area contributed by atoms with E-state index >= 15 is 0 Å². The Kier molecular flexibility index (Phi) is 4.95. The van der Waals surface area contributed by atoms with Gasteiger partial charge in [0.2, 0.25) is 0 Å². The van der Waals surface area contributed by atoms with Crippen LogP contribution in [0.1, 0.15) is 32.9 Å². The molecular formula is C13H21N3O2. The van der Waals surface area contributed by atoms with Crippen LogP contribution in [-0.4, -0.2) is 27.8 Å². The number of hydrogen-bond acceptors (Lipinski definition) is 3. The van der Waals surface area contributed by atoms with Crippen molar-refractivity contribution < 1.29 is 9.53 Å². The second-order valence-corrected chi connectivity index (χ2v) is 5.05. The van der Waals surface area contributed by atoms with E-state index in [0.717, 1.165) is 12.1 Å². The van der Waals surface area contributed by atoms with Crippen LogP contribution >= 0.6 is 0 Å². The van der Waals surface area contributed by atoms with E-state index in [2.05, 4.69) is 10.3 Å². The molecule has 0 saturated carbocycles. The van der Waals surface area contributed by atoms with Crippen molar-refractivity contribution in [3.63, 3.8) is 0 Å². The van der Waals surface area contributed by atoms with E-state index in [-0.39, 0.29) is 6.09 Å². The molecule has 0 bridgehead atoms. The summed E-state index contributed by atoms with van der Waals surface area (Å²) < 4.78 is 7.05. The van der Waals surface area contributed by atoms with Gasteiger partial charge in [-0.25, -0.2) is 9.78 Å². The Labute approximate surface area is 108 Å². The fraction of sp³-hybridized carbons (Fsp3) is 0.538. The number of imidazole rings is 1. The number of hydrogen-bond donors (Lipinski definition) is 1. The molecule has 0 spiro atoms. The third kappa shape index (κ3) is 5.52. The summed E-state index contributed by atoms with van der Waals surface area (Å²) in [6.07, 6.45) is 7.88. The van der Waals surface area contributed by atoms with Gasteiger partial charge < -0.3 is 14.6 Å². The van der Waals surface area contributed by atoms with Crippen molar-refractivity contribution in [1.29, 1.82) is 0 Å². The largest absolute Gasteiger partial charge is 0.444 e. The second kappa shape index (κ2) is 6.23. The Morgan fingerprint density at radius 1 is 1.56 bits per heavy atom. The van der Waals surface area contributed by atoms with Crippen LogP contribution in [-0.2, 0) is 11.8 Å². The molecule has 1 aromatic heterocycles. The van der Waals surface area contributed by atoms with Crippen LogP contribution in [0, 0.1) is 0 Å². The predicted molar refractivity (Wildman–Crippen MR) is 71.1 cm³/mol. The van der Waals surface area contributed by atoms with Crippen LogP contribution in [0.4, 0.5) is 4.79 Å². The number of nitrogens with one attached hydrogen (secondary N) is 1. The first-order chi connectivity index (χ1) is 8.38. The Hall–Kier alpha value is -1.78. The molecule has 0 fully saturated rings. The Balaban J connectivity index is 2.21. The molecule has 5 nitrogen and oxygen atoms in total. The van der Waals surface area contributed by atoms with Crippen molar-refractivity contribution in [1.82, 2.24) is 14.9 Å². The average Bonchev–Trinajstić information content (AvgIpc) is 2.61. The fourth-order valence-electron chi connectivity index (χ4n) is 1.30. The summed E-state index contributed by atoms with van der Waals surface area (Å²) in [4.78, 5) is 15.3. The normalized spacial score (nSPS) is 11.8. The van der Waals surface area contributed by atoms with Gasteiger partial charge in [0.25, 0.3) is 0 Å². The van der Waals surface area contributed by atoms with Gasteiger partial charge >= 0.3 is 6.09 Å². The van der Waals surface area contributed by atoms with Crippen LogP contribution in [0.2, 0.25) is 0 Å². The molecule has 0 aliphatic heterocycles. The van der Waals surface area contributed by atoms with Crippen molar-refractivity contribution in [3.05, 3.63) is 24.3 Å². The van der Waals surface area contributed by atoms with Gasteiger partial charge in [0.05, 0.1) is 18.2 Å². The Morgan fingerprint density at radius 3 is 2.83 bits per heavy atom. The molecule has 18 heavy (non-hydrogen) atoms. The maximum Gasteiger partial charge on any atom is 0.407 e. The third-order valence-corrected chi connectivity index (χ3v) is 2.12. The number of aromatic nitrogens is 2. The summed E-state index contributed by atoms with van der Waals surface area (Å²) in [6, 6.07) is 0. The van der Waals surface area contributed by atoms with E-state index in [1.54, 1.807) is 12.5 Å². The number of nitrogens with zero attached hydrogens (tertiary/aromatic N) is 2. The van der Waals surface area contributed by atoms with Gasteiger partial charge in [-0.2, -0.15) is 0 Å². The lowest BCUT2D eigenvalue weighted by Gasteiger charge is -2.19. The highest BCUT2D eigenvalue weighted by Crippen LogP contribution is 2.06. The molecule has 1 aromatic rings. The first kappa shape index (κ1) is 14.3. The number of carbonyl (C=O) groups excluding carboxylic acids is 1. The maximum atomic E-state index is 11.3. The van der Waals surface area contributed by atoms with E-state index in [4.69, 9.17) is 4.74 Å². The highest BCUT2D eigenvalue weighted by atomic mass is 16.6. The van der Waals surface area contributed by atoms with Crippen molar-refractivity contribution >= 4 is 12.2 Å². The number of amides is 1. The summed E-state index contributed by atoms with van der Waals surface area (Å²) >= 11 is 0. The van der Waals surface area contributed by atoms with Gasteiger partial charge in [0.15, 0.2) is 0 Å². The summed E-state index contributed by atoms with van der Waals surface area (Å²) in [5, 5.41) is 2.70. The lowest BCUT2D eigenvalue weighted by molar-refractivity contribution is 0.0529. The highest BCUT2D eigenvalue weighted by molar-refractivity contribution is 5.67. The van der Waals surface area contributed by atoms with Crippen LogP contribution in [0.15, 0.2) is 18.6 Å². The van der Waals surface area contributed by atoms with Gasteiger partial charge in [-0.1, -0.05) is 6.08 Å². The van der Waals surface area contributed by atoms with Gasteiger partial charge in [0.1, 0.15) is 5.60 Å². The van der Waals surface area contributed by atoms with E-state index < -0.39 is 5.60 Å². The minimum atomic E-state index is -0.450. The predicted octanol–water partition coefficient (Wildman–Crippen LogP) is 2.35. The first-order valence-electron chi connectivity index (χ1n) is 5.98. The van der Waals surface area contributed by atoms with E-state index in [9.17, 15) is 4.79 Å². The molecule has 1 rings (SSSR count). The molecule has 0 radical (unpaired) electrons. The fourth-order valence-corrected chi connectivity index (χ4v) is 1.30. The van der Waals surface area contributed by atoms with E-state index in [0.29, 0.717) is 6.54 Å². The standard InChI is InChI=1S/C13H21N3O2/c1-13(2,3)18-12(17)15-8-6-5-7-11-9-14-10-16(11)4/h5,7,9-10H,6,8H2,1-4H3,(H,15,17). The molecule has 1 heterocycles. The van der Waals surface area contributed by atoms with E-state index in [1.165, 1.54) is 0 Å². The van der Waals surface area contributed by atoms with Gasteiger partial charge in [-0.05, 0) is 33.3 Å². The molecule has 5 heteroatoms. The van der Waals surface area contributed by atoms with Crippen LogP contribution in [0.3, 0.4) is 0 Å². The van der Waals surface area contributed by atoms with Crippen LogP contribution in [0.25, 0.3) is 6.08 Å². The second-order valence-electron chi connectivity index (χ2n) is 5.05. The first-order valence-corrected chi connectivity index (χ1v) is 5.98.